The van der Waals surface area contributed by atoms with E-state index < -0.39 is 23.6 Å². The number of ether oxygens (including phenoxy) is 1. The maximum absolute atomic E-state index is 12.8. The van der Waals surface area contributed by atoms with Crippen molar-refractivity contribution < 1.29 is 24.2 Å². The SMILES string of the molecule is C[C@H](CC(=O)O)NC(=O)CC(C)(NC(=O)OCC1c2ccccc2-c2ccccc21)C1CC1. The van der Waals surface area contributed by atoms with Gasteiger partial charge in [-0.15, -0.1) is 0 Å². The van der Waals surface area contributed by atoms with Crippen molar-refractivity contribution in [1.82, 2.24) is 10.6 Å². The Bertz CT molecular complexity index is 1020. The van der Waals surface area contributed by atoms with Crippen molar-refractivity contribution >= 4 is 18.0 Å². The minimum atomic E-state index is -0.968. The van der Waals surface area contributed by atoms with Crippen molar-refractivity contribution in [2.24, 2.45) is 5.92 Å². The summed E-state index contributed by atoms with van der Waals surface area (Å²) < 4.78 is 5.67. The van der Waals surface area contributed by atoms with Gasteiger partial charge in [0.1, 0.15) is 6.61 Å². The van der Waals surface area contributed by atoms with Crippen molar-refractivity contribution in [3.63, 3.8) is 0 Å². The summed E-state index contributed by atoms with van der Waals surface area (Å²) in [5.41, 5.74) is 3.87. The Morgan fingerprint density at radius 1 is 1.06 bits per heavy atom. The summed E-state index contributed by atoms with van der Waals surface area (Å²) in [6, 6.07) is 15.8. The van der Waals surface area contributed by atoms with Crippen LogP contribution in [0.5, 0.6) is 0 Å². The van der Waals surface area contributed by atoms with Gasteiger partial charge < -0.3 is 20.5 Å². The second kappa shape index (κ2) is 9.25. The first kappa shape index (κ1) is 22.8. The van der Waals surface area contributed by atoms with Crippen molar-refractivity contribution in [1.29, 1.82) is 0 Å². The lowest BCUT2D eigenvalue weighted by Gasteiger charge is -2.31. The summed E-state index contributed by atoms with van der Waals surface area (Å²) in [4.78, 5) is 36.1. The van der Waals surface area contributed by atoms with Gasteiger partial charge >= 0.3 is 12.1 Å². The fraction of sp³-hybridized carbons (Fsp3) is 0.423. The highest BCUT2D eigenvalue weighted by molar-refractivity contribution is 5.80. The first-order chi connectivity index (χ1) is 15.8. The van der Waals surface area contributed by atoms with Crippen molar-refractivity contribution in [3.05, 3.63) is 59.7 Å². The van der Waals surface area contributed by atoms with Gasteiger partial charge in [-0.05, 0) is 54.9 Å². The number of amides is 2. The minimum absolute atomic E-state index is 0.0319. The number of carbonyl (C=O) groups is 3. The molecule has 1 unspecified atom stereocenters. The summed E-state index contributed by atoms with van der Waals surface area (Å²) in [6.07, 6.45) is 1.24. The third-order valence-corrected chi connectivity index (χ3v) is 6.63. The highest BCUT2D eigenvalue weighted by atomic mass is 16.5. The van der Waals surface area contributed by atoms with Crippen LogP contribution in [0.25, 0.3) is 11.1 Å². The van der Waals surface area contributed by atoms with E-state index in [1.54, 1.807) is 6.92 Å². The van der Waals surface area contributed by atoms with Gasteiger partial charge in [0.25, 0.3) is 0 Å². The van der Waals surface area contributed by atoms with Crippen LogP contribution in [0.4, 0.5) is 4.79 Å². The molecule has 33 heavy (non-hydrogen) atoms. The number of carbonyl (C=O) groups excluding carboxylic acids is 2. The van der Waals surface area contributed by atoms with E-state index in [1.165, 1.54) is 0 Å². The van der Waals surface area contributed by atoms with Crippen LogP contribution in [0.15, 0.2) is 48.5 Å². The lowest BCUT2D eigenvalue weighted by atomic mass is 9.91. The molecule has 0 heterocycles. The van der Waals surface area contributed by atoms with Crippen LogP contribution in [0.2, 0.25) is 0 Å². The molecule has 2 atom stereocenters. The zero-order valence-corrected chi connectivity index (χ0v) is 19.0. The molecule has 1 fully saturated rings. The van der Waals surface area contributed by atoms with Gasteiger partial charge in [-0.1, -0.05) is 48.5 Å². The summed E-state index contributed by atoms with van der Waals surface area (Å²) in [5, 5.41) is 14.5. The van der Waals surface area contributed by atoms with Crippen LogP contribution in [-0.4, -0.2) is 41.3 Å². The van der Waals surface area contributed by atoms with E-state index in [0.29, 0.717) is 0 Å². The molecular formula is C26H30N2O5. The molecule has 0 aliphatic heterocycles. The fourth-order valence-corrected chi connectivity index (χ4v) is 4.85. The maximum Gasteiger partial charge on any atom is 0.407 e. The Kier molecular flexibility index (Phi) is 6.40. The van der Waals surface area contributed by atoms with E-state index >= 15 is 0 Å². The second-order valence-corrected chi connectivity index (χ2v) is 9.39. The number of alkyl carbamates (subject to hydrolysis) is 1. The molecule has 2 amide bonds. The van der Waals surface area contributed by atoms with Crippen LogP contribution in [-0.2, 0) is 14.3 Å². The van der Waals surface area contributed by atoms with E-state index in [0.717, 1.165) is 35.1 Å². The van der Waals surface area contributed by atoms with E-state index in [4.69, 9.17) is 9.84 Å². The highest BCUT2D eigenvalue weighted by Crippen LogP contribution is 2.45. The second-order valence-electron chi connectivity index (χ2n) is 9.39. The third-order valence-electron chi connectivity index (χ3n) is 6.63. The fourth-order valence-electron chi connectivity index (χ4n) is 4.85. The van der Waals surface area contributed by atoms with E-state index in [2.05, 4.69) is 34.9 Å². The average molecular weight is 451 g/mol. The molecule has 2 aliphatic rings. The summed E-state index contributed by atoms with van der Waals surface area (Å²) in [6.45, 7) is 3.72. The molecule has 7 nitrogen and oxygen atoms in total. The Morgan fingerprint density at radius 3 is 2.18 bits per heavy atom. The number of benzene rings is 2. The average Bonchev–Trinajstić information content (AvgIpc) is 3.56. The van der Waals surface area contributed by atoms with E-state index in [-0.39, 0.29) is 37.2 Å². The van der Waals surface area contributed by atoms with Crippen LogP contribution >= 0.6 is 0 Å². The molecule has 0 radical (unpaired) electrons. The zero-order chi connectivity index (χ0) is 23.6. The van der Waals surface area contributed by atoms with Crippen LogP contribution in [0.1, 0.15) is 56.6 Å². The lowest BCUT2D eigenvalue weighted by molar-refractivity contribution is -0.137. The smallest absolute Gasteiger partial charge is 0.407 e. The van der Waals surface area contributed by atoms with Gasteiger partial charge in [0, 0.05) is 18.4 Å². The van der Waals surface area contributed by atoms with Crippen LogP contribution in [0, 0.1) is 5.92 Å². The molecular weight excluding hydrogens is 420 g/mol. The molecule has 7 heteroatoms. The molecule has 2 aliphatic carbocycles. The molecule has 174 valence electrons. The minimum Gasteiger partial charge on any atom is -0.481 e. The Hall–Kier alpha value is -3.35. The summed E-state index contributed by atoms with van der Waals surface area (Å²) in [7, 11) is 0. The van der Waals surface area contributed by atoms with Gasteiger partial charge in [-0.2, -0.15) is 0 Å². The zero-order valence-electron chi connectivity index (χ0n) is 19.0. The molecule has 4 rings (SSSR count). The van der Waals surface area contributed by atoms with Crippen molar-refractivity contribution in [2.75, 3.05) is 6.61 Å². The number of fused-ring (bicyclic) bond motifs is 3. The van der Waals surface area contributed by atoms with Gasteiger partial charge in [0.05, 0.1) is 12.0 Å². The number of carboxylic acids is 1. The molecule has 0 spiro atoms. The summed E-state index contributed by atoms with van der Waals surface area (Å²) >= 11 is 0. The first-order valence-corrected chi connectivity index (χ1v) is 11.4. The van der Waals surface area contributed by atoms with Crippen LogP contribution in [0.3, 0.4) is 0 Å². The predicted octanol–water partition coefficient (Wildman–Crippen LogP) is 4.06. The van der Waals surface area contributed by atoms with Crippen molar-refractivity contribution in [2.45, 2.75) is 57.0 Å². The molecule has 3 N–H and O–H groups in total. The number of nitrogens with one attached hydrogen (secondary N) is 2. The Balaban J connectivity index is 1.38. The predicted molar refractivity (Wildman–Crippen MR) is 124 cm³/mol. The van der Waals surface area contributed by atoms with E-state index in [1.807, 2.05) is 31.2 Å². The largest absolute Gasteiger partial charge is 0.481 e. The molecule has 2 aromatic carbocycles. The normalized spacial score (nSPS) is 17.3. The van der Waals surface area contributed by atoms with Gasteiger partial charge in [-0.25, -0.2) is 4.79 Å². The van der Waals surface area contributed by atoms with E-state index in [9.17, 15) is 14.4 Å². The number of rotatable bonds is 9. The Labute approximate surface area is 193 Å². The maximum atomic E-state index is 12.8. The molecule has 0 saturated heterocycles. The quantitative estimate of drug-likeness (QED) is 0.534. The lowest BCUT2D eigenvalue weighted by Crippen LogP contribution is -2.52. The van der Waals surface area contributed by atoms with Gasteiger partial charge in [-0.3, -0.25) is 9.59 Å². The first-order valence-electron chi connectivity index (χ1n) is 11.4. The number of aliphatic carboxylic acids is 1. The number of carboxylic acid groups (broad SMARTS) is 1. The van der Waals surface area contributed by atoms with Crippen molar-refractivity contribution in [3.8, 4) is 11.1 Å². The molecule has 1 saturated carbocycles. The third kappa shape index (κ3) is 5.18. The monoisotopic (exact) mass is 450 g/mol. The van der Waals surface area contributed by atoms with Crippen LogP contribution < -0.4 is 10.6 Å². The van der Waals surface area contributed by atoms with Gasteiger partial charge in [0.2, 0.25) is 5.91 Å². The molecule has 2 aromatic rings. The summed E-state index contributed by atoms with van der Waals surface area (Å²) in [5.74, 6) is -1.09. The number of hydrogen-bond donors (Lipinski definition) is 3. The highest BCUT2D eigenvalue weighted by Gasteiger charge is 2.44. The standard InChI is InChI=1S/C26H30N2O5/c1-16(13-24(30)31)27-23(29)14-26(2,17-11-12-17)28-25(32)33-15-22-20-9-5-3-7-18(20)19-8-4-6-10-21(19)22/h3-10,16-17,22H,11-15H2,1-2H3,(H,27,29)(H,28,32)(H,30,31)/t16-,26?/m1/s1. The number of hydrogen-bond acceptors (Lipinski definition) is 4. The van der Waals surface area contributed by atoms with Gasteiger partial charge in [0.15, 0.2) is 0 Å². The topological polar surface area (TPSA) is 105 Å². The Morgan fingerprint density at radius 2 is 1.64 bits per heavy atom. The molecule has 0 bridgehead atoms. The molecule has 0 aromatic heterocycles.